The van der Waals surface area contributed by atoms with E-state index in [0.29, 0.717) is 5.01 Å². The van der Waals surface area contributed by atoms with Gasteiger partial charge in [0.05, 0.1) is 11.4 Å². The Bertz CT molecular complexity index is 1170. The zero-order valence-corrected chi connectivity index (χ0v) is 15.5. The van der Waals surface area contributed by atoms with Gasteiger partial charge < -0.3 is 0 Å². The van der Waals surface area contributed by atoms with Crippen molar-refractivity contribution in [2.24, 2.45) is 5.10 Å². The van der Waals surface area contributed by atoms with E-state index in [1.54, 1.807) is 0 Å². The molecule has 0 aliphatic heterocycles. The summed E-state index contributed by atoms with van der Waals surface area (Å²) in [4.78, 5) is 4.57. The topological polar surface area (TPSA) is 61.1 Å². The number of nitrogens with one attached hydrogen (secondary N) is 1. The van der Waals surface area contributed by atoms with Crippen molar-refractivity contribution in [3.8, 4) is 17.3 Å². The molecule has 0 unspecified atom stereocenters. The van der Waals surface area contributed by atoms with E-state index < -0.39 is 0 Å². The number of anilines is 1. The van der Waals surface area contributed by atoms with Gasteiger partial charge in [-0.15, -0.1) is 11.3 Å². The van der Waals surface area contributed by atoms with E-state index in [0.717, 1.165) is 27.7 Å². The molecule has 1 aromatic heterocycles. The molecule has 0 aliphatic carbocycles. The molecule has 0 atom stereocenters. The maximum Gasteiger partial charge on any atom is 0.196 e. The third-order valence-electron chi connectivity index (χ3n) is 4.21. The minimum Gasteiger partial charge on any atom is -0.277 e. The fourth-order valence-corrected chi connectivity index (χ4v) is 3.51. The number of rotatable bonds is 4. The third-order valence-corrected chi connectivity index (χ3v) is 5.06. The standard InChI is InChI=1S/C22H16N4S/c1-15-6-8-17(9-7-15)21-14-27-22(24-21)20(13-23)26-25-19-11-10-16-4-2-3-5-18(16)12-19/h2-12,14,25H,1H3/b26-20+. The summed E-state index contributed by atoms with van der Waals surface area (Å²) in [6, 6.07) is 24.4. The van der Waals surface area contributed by atoms with E-state index in [9.17, 15) is 5.26 Å². The fourth-order valence-electron chi connectivity index (χ4n) is 2.74. The van der Waals surface area contributed by atoms with E-state index in [1.165, 1.54) is 16.9 Å². The van der Waals surface area contributed by atoms with Crippen LogP contribution >= 0.6 is 11.3 Å². The summed E-state index contributed by atoms with van der Waals surface area (Å²) in [7, 11) is 0. The van der Waals surface area contributed by atoms with Crippen LogP contribution in [0, 0.1) is 18.3 Å². The average Bonchev–Trinajstić information content (AvgIpc) is 3.19. The summed E-state index contributed by atoms with van der Waals surface area (Å²) >= 11 is 1.41. The van der Waals surface area contributed by atoms with Crippen molar-refractivity contribution in [1.82, 2.24) is 4.98 Å². The molecule has 0 radical (unpaired) electrons. The van der Waals surface area contributed by atoms with Crippen molar-refractivity contribution in [2.45, 2.75) is 6.92 Å². The second-order valence-electron chi connectivity index (χ2n) is 6.15. The van der Waals surface area contributed by atoms with Gasteiger partial charge in [-0.2, -0.15) is 10.4 Å². The molecular formula is C22H16N4S. The van der Waals surface area contributed by atoms with E-state index in [-0.39, 0.29) is 5.71 Å². The molecule has 4 rings (SSSR count). The minimum absolute atomic E-state index is 0.270. The van der Waals surface area contributed by atoms with Crippen LogP contribution in [-0.2, 0) is 0 Å². The van der Waals surface area contributed by atoms with Crippen LogP contribution in [0.1, 0.15) is 10.6 Å². The molecule has 3 aromatic carbocycles. The van der Waals surface area contributed by atoms with E-state index in [2.05, 4.69) is 46.7 Å². The molecule has 130 valence electrons. The number of aryl methyl sites for hydroxylation is 1. The first kappa shape index (κ1) is 17.0. The number of thiazole rings is 1. The Hall–Kier alpha value is -3.49. The van der Waals surface area contributed by atoms with Crippen LogP contribution in [-0.4, -0.2) is 10.7 Å². The molecule has 1 heterocycles. The van der Waals surface area contributed by atoms with Crippen LogP contribution < -0.4 is 5.43 Å². The number of nitriles is 1. The van der Waals surface area contributed by atoms with E-state index in [4.69, 9.17) is 0 Å². The second-order valence-corrected chi connectivity index (χ2v) is 7.01. The van der Waals surface area contributed by atoms with Gasteiger partial charge in [-0.25, -0.2) is 4.98 Å². The highest BCUT2D eigenvalue weighted by molar-refractivity contribution is 7.12. The summed E-state index contributed by atoms with van der Waals surface area (Å²) in [5, 5.41) is 18.6. The van der Waals surface area contributed by atoms with Crippen LogP contribution in [0.3, 0.4) is 0 Å². The first-order valence-corrected chi connectivity index (χ1v) is 9.36. The normalized spacial score (nSPS) is 11.3. The lowest BCUT2D eigenvalue weighted by Gasteiger charge is -2.03. The van der Waals surface area contributed by atoms with Crippen molar-refractivity contribution in [3.63, 3.8) is 0 Å². The van der Waals surface area contributed by atoms with Gasteiger partial charge in [-0.3, -0.25) is 5.43 Å². The molecule has 27 heavy (non-hydrogen) atoms. The van der Waals surface area contributed by atoms with Crippen molar-refractivity contribution in [3.05, 3.63) is 82.7 Å². The second kappa shape index (κ2) is 7.40. The molecule has 0 saturated heterocycles. The monoisotopic (exact) mass is 368 g/mol. The Morgan fingerprint density at radius 3 is 2.59 bits per heavy atom. The number of hydrogen-bond donors (Lipinski definition) is 1. The Kier molecular flexibility index (Phi) is 4.65. The maximum atomic E-state index is 9.49. The van der Waals surface area contributed by atoms with Crippen LogP contribution in [0.15, 0.2) is 77.2 Å². The van der Waals surface area contributed by atoms with Gasteiger partial charge in [0, 0.05) is 10.9 Å². The summed E-state index contributed by atoms with van der Waals surface area (Å²) in [5.74, 6) is 0. The SMILES string of the molecule is Cc1ccc(-c2csc(/C(C#N)=N/Nc3ccc4ccccc4c3)n2)cc1. The minimum atomic E-state index is 0.270. The molecule has 5 heteroatoms. The number of fused-ring (bicyclic) bond motifs is 1. The largest absolute Gasteiger partial charge is 0.277 e. The number of nitrogens with zero attached hydrogens (tertiary/aromatic N) is 3. The summed E-state index contributed by atoms with van der Waals surface area (Å²) < 4.78 is 0. The van der Waals surface area contributed by atoms with Gasteiger partial charge in [0.2, 0.25) is 0 Å². The highest BCUT2D eigenvalue weighted by atomic mass is 32.1. The van der Waals surface area contributed by atoms with Gasteiger partial charge in [0.1, 0.15) is 6.07 Å². The summed E-state index contributed by atoms with van der Waals surface area (Å²) in [5.41, 5.74) is 7.16. The van der Waals surface area contributed by atoms with Crippen LogP contribution in [0.5, 0.6) is 0 Å². The van der Waals surface area contributed by atoms with Gasteiger partial charge >= 0.3 is 0 Å². The zero-order valence-electron chi connectivity index (χ0n) is 14.7. The van der Waals surface area contributed by atoms with Gasteiger partial charge in [0.25, 0.3) is 0 Å². The van der Waals surface area contributed by atoms with E-state index >= 15 is 0 Å². The van der Waals surface area contributed by atoms with E-state index in [1.807, 2.05) is 53.9 Å². The smallest absolute Gasteiger partial charge is 0.196 e. The Morgan fingerprint density at radius 2 is 1.81 bits per heavy atom. The summed E-state index contributed by atoms with van der Waals surface area (Å²) in [6.07, 6.45) is 0. The van der Waals surface area contributed by atoms with Crippen molar-refractivity contribution < 1.29 is 0 Å². The average molecular weight is 368 g/mol. The number of benzene rings is 3. The molecule has 0 aliphatic rings. The van der Waals surface area contributed by atoms with Crippen molar-refractivity contribution in [1.29, 1.82) is 5.26 Å². The molecule has 0 spiro atoms. The quantitative estimate of drug-likeness (QED) is 0.376. The van der Waals surface area contributed by atoms with Crippen molar-refractivity contribution >= 4 is 33.5 Å². The Labute approximate surface area is 161 Å². The molecule has 4 aromatic rings. The number of hydrogen-bond acceptors (Lipinski definition) is 5. The lowest BCUT2D eigenvalue weighted by Crippen LogP contribution is -2.01. The Morgan fingerprint density at radius 1 is 1.04 bits per heavy atom. The summed E-state index contributed by atoms with van der Waals surface area (Å²) in [6.45, 7) is 2.05. The molecule has 1 N–H and O–H groups in total. The van der Waals surface area contributed by atoms with Gasteiger partial charge in [0.15, 0.2) is 10.7 Å². The molecule has 0 bridgehead atoms. The number of hydrazone groups is 1. The fraction of sp³-hybridized carbons (Fsp3) is 0.0455. The molecule has 0 fully saturated rings. The van der Waals surface area contributed by atoms with Crippen LogP contribution in [0.2, 0.25) is 0 Å². The first-order chi connectivity index (χ1) is 13.2. The third kappa shape index (κ3) is 3.71. The molecule has 0 saturated carbocycles. The number of aromatic nitrogens is 1. The first-order valence-electron chi connectivity index (χ1n) is 8.48. The van der Waals surface area contributed by atoms with Crippen LogP contribution in [0.25, 0.3) is 22.0 Å². The van der Waals surface area contributed by atoms with Gasteiger partial charge in [-0.1, -0.05) is 60.2 Å². The predicted molar refractivity (Wildman–Crippen MR) is 112 cm³/mol. The molecular weight excluding hydrogens is 352 g/mol. The highest BCUT2D eigenvalue weighted by Gasteiger charge is 2.10. The lowest BCUT2D eigenvalue weighted by molar-refractivity contribution is 1.31. The predicted octanol–water partition coefficient (Wildman–Crippen LogP) is 5.61. The lowest BCUT2D eigenvalue weighted by atomic mass is 10.1. The maximum absolute atomic E-state index is 9.49. The molecule has 0 amide bonds. The molecule has 4 nitrogen and oxygen atoms in total. The van der Waals surface area contributed by atoms with Crippen molar-refractivity contribution in [2.75, 3.05) is 5.43 Å². The van der Waals surface area contributed by atoms with Crippen LogP contribution in [0.4, 0.5) is 5.69 Å². The highest BCUT2D eigenvalue weighted by Crippen LogP contribution is 2.23. The Balaban J connectivity index is 1.58. The zero-order chi connectivity index (χ0) is 18.6. The van der Waals surface area contributed by atoms with Gasteiger partial charge in [-0.05, 0) is 29.8 Å².